The van der Waals surface area contributed by atoms with Crippen LogP contribution in [-0.4, -0.2) is 20.9 Å². The highest BCUT2D eigenvalue weighted by molar-refractivity contribution is 7.92. The molecule has 0 aromatic heterocycles. The van der Waals surface area contributed by atoms with Crippen molar-refractivity contribution in [1.29, 1.82) is 0 Å². The standard InChI is InChI=1S/C17H18F3NO4S/c1-12(2)24-11-13-4-3-5-16(10-13)26(22,23)21-14-6-8-15(9-7-14)25-17(18,19)20/h3-10,12,21H,11H2,1-2H3. The van der Waals surface area contributed by atoms with Gasteiger partial charge >= 0.3 is 6.36 Å². The third-order valence-corrected chi connectivity index (χ3v) is 4.51. The van der Waals surface area contributed by atoms with Crippen LogP contribution < -0.4 is 9.46 Å². The molecule has 0 aliphatic rings. The van der Waals surface area contributed by atoms with Gasteiger partial charge in [-0.15, -0.1) is 13.2 Å². The third-order valence-electron chi connectivity index (χ3n) is 3.13. The van der Waals surface area contributed by atoms with Crippen molar-refractivity contribution in [2.45, 2.75) is 37.8 Å². The molecule has 0 atom stereocenters. The third kappa shape index (κ3) is 6.23. The molecule has 1 N–H and O–H groups in total. The number of halogens is 3. The fraction of sp³-hybridized carbons (Fsp3) is 0.294. The number of nitrogens with one attached hydrogen (secondary N) is 1. The van der Waals surface area contributed by atoms with Gasteiger partial charge in [0.25, 0.3) is 10.0 Å². The number of sulfonamides is 1. The lowest BCUT2D eigenvalue weighted by atomic mass is 10.2. The largest absolute Gasteiger partial charge is 0.573 e. The number of alkyl halides is 3. The first-order chi connectivity index (χ1) is 12.0. The van der Waals surface area contributed by atoms with Crippen LogP contribution in [0.5, 0.6) is 5.75 Å². The van der Waals surface area contributed by atoms with Crippen LogP contribution in [0, 0.1) is 0 Å². The van der Waals surface area contributed by atoms with E-state index in [1.165, 1.54) is 24.3 Å². The molecule has 9 heteroatoms. The smallest absolute Gasteiger partial charge is 0.406 e. The van der Waals surface area contributed by atoms with Gasteiger partial charge in [0, 0.05) is 5.69 Å². The Bertz CT molecular complexity index is 834. The lowest BCUT2D eigenvalue weighted by molar-refractivity contribution is -0.274. The molecule has 0 unspecified atom stereocenters. The van der Waals surface area contributed by atoms with E-state index >= 15 is 0 Å². The molecule has 0 radical (unpaired) electrons. The van der Waals surface area contributed by atoms with Crippen molar-refractivity contribution in [2.24, 2.45) is 0 Å². The first-order valence-electron chi connectivity index (χ1n) is 7.64. The Morgan fingerprint density at radius 2 is 1.73 bits per heavy atom. The first-order valence-corrected chi connectivity index (χ1v) is 9.13. The topological polar surface area (TPSA) is 64.6 Å². The van der Waals surface area contributed by atoms with Crippen LogP contribution in [0.4, 0.5) is 18.9 Å². The number of hydrogen-bond donors (Lipinski definition) is 1. The van der Waals surface area contributed by atoms with Crippen LogP contribution in [0.15, 0.2) is 53.4 Å². The molecule has 0 heterocycles. The molecule has 0 saturated heterocycles. The van der Waals surface area contributed by atoms with E-state index in [1.54, 1.807) is 12.1 Å². The summed E-state index contributed by atoms with van der Waals surface area (Å²) in [6.45, 7) is 4.01. The van der Waals surface area contributed by atoms with Gasteiger partial charge in [-0.2, -0.15) is 0 Å². The predicted octanol–water partition coefficient (Wildman–Crippen LogP) is 4.31. The Morgan fingerprint density at radius 1 is 1.08 bits per heavy atom. The lowest BCUT2D eigenvalue weighted by Crippen LogP contribution is -2.17. The highest BCUT2D eigenvalue weighted by Crippen LogP contribution is 2.25. The SMILES string of the molecule is CC(C)OCc1cccc(S(=O)(=O)Nc2ccc(OC(F)(F)F)cc2)c1. The number of benzene rings is 2. The molecule has 26 heavy (non-hydrogen) atoms. The molecule has 0 aliphatic carbocycles. The molecule has 2 aromatic rings. The second kappa shape index (κ2) is 7.96. The zero-order chi connectivity index (χ0) is 19.4. The molecule has 0 aliphatic heterocycles. The van der Waals surface area contributed by atoms with Gasteiger partial charge in [0.05, 0.1) is 17.6 Å². The molecule has 5 nitrogen and oxygen atoms in total. The van der Waals surface area contributed by atoms with Gasteiger partial charge in [0.1, 0.15) is 5.75 Å². The molecule has 0 saturated carbocycles. The van der Waals surface area contributed by atoms with E-state index < -0.39 is 22.1 Å². The van der Waals surface area contributed by atoms with Gasteiger partial charge in [-0.25, -0.2) is 8.42 Å². The summed E-state index contributed by atoms with van der Waals surface area (Å²) in [5.41, 5.74) is 0.804. The summed E-state index contributed by atoms with van der Waals surface area (Å²) in [5.74, 6) is -0.437. The Hall–Kier alpha value is -2.26. The fourth-order valence-corrected chi connectivity index (χ4v) is 3.13. The summed E-state index contributed by atoms with van der Waals surface area (Å²) >= 11 is 0. The van der Waals surface area contributed by atoms with Crippen molar-refractivity contribution in [2.75, 3.05) is 4.72 Å². The molecular weight excluding hydrogens is 371 g/mol. The van der Waals surface area contributed by atoms with Crippen LogP contribution in [-0.2, 0) is 21.4 Å². The lowest BCUT2D eigenvalue weighted by Gasteiger charge is -2.12. The Labute approximate surface area is 149 Å². The van der Waals surface area contributed by atoms with Gasteiger partial charge in [0.15, 0.2) is 0 Å². The first kappa shape index (κ1) is 20.1. The van der Waals surface area contributed by atoms with E-state index in [0.29, 0.717) is 5.56 Å². The number of hydrogen-bond acceptors (Lipinski definition) is 4. The highest BCUT2D eigenvalue weighted by Gasteiger charge is 2.31. The van der Waals surface area contributed by atoms with Crippen molar-refractivity contribution in [3.63, 3.8) is 0 Å². The van der Waals surface area contributed by atoms with Crippen molar-refractivity contribution in [3.8, 4) is 5.75 Å². The quantitative estimate of drug-likeness (QED) is 0.766. The van der Waals surface area contributed by atoms with Crippen LogP contribution in [0.3, 0.4) is 0 Å². The second-order valence-electron chi connectivity index (χ2n) is 5.68. The summed E-state index contributed by atoms with van der Waals surface area (Å²) in [7, 11) is -3.89. The molecule has 0 amide bonds. The summed E-state index contributed by atoms with van der Waals surface area (Å²) in [6, 6.07) is 10.7. The van der Waals surface area contributed by atoms with Crippen molar-refractivity contribution in [1.82, 2.24) is 0 Å². The monoisotopic (exact) mass is 389 g/mol. The maximum absolute atomic E-state index is 12.4. The van der Waals surface area contributed by atoms with Gasteiger partial charge in [0.2, 0.25) is 0 Å². The van der Waals surface area contributed by atoms with E-state index in [1.807, 2.05) is 13.8 Å². The molecule has 0 fully saturated rings. The van der Waals surface area contributed by atoms with Crippen LogP contribution in [0.2, 0.25) is 0 Å². The molecule has 2 rings (SSSR count). The normalized spacial score (nSPS) is 12.2. The van der Waals surface area contributed by atoms with Crippen molar-refractivity contribution < 1.29 is 31.1 Å². The minimum Gasteiger partial charge on any atom is -0.406 e. The Kier molecular flexibility index (Phi) is 6.14. The van der Waals surface area contributed by atoms with Crippen LogP contribution in [0.25, 0.3) is 0 Å². The summed E-state index contributed by atoms with van der Waals surface area (Å²) in [6.07, 6.45) is -4.80. The maximum atomic E-state index is 12.4. The Morgan fingerprint density at radius 3 is 2.31 bits per heavy atom. The Balaban J connectivity index is 2.12. The van der Waals surface area contributed by atoms with E-state index in [2.05, 4.69) is 9.46 Å². The second-order valence-corrected chi connectivity index (χ2v) is 7.37. The van der Waals surface area contributed by atoms with Gasteiger partial charge < -0.3 is 9.47 Å². The van der Waals surface area contributed by atoms with Gasteiger partial charge in [-0.1, -0.05) is 12.1 Å². The van der Waals surface area contributed by atoms with E-state index in [4.69, 9.17) is 4.74 Å². The number of rotatable bonds is 7. The fourth-order valence-electron chi connectivity index (χ4n) is 2.00. The average Bonchev–Trinajstić information content (AvgIpc) is 2.53. The van der Waals surface area contributed by atoms with Gasteiger partial charge in [-0.05, 0) is 55.8 Å². The maximum Gasteiger partial charge on any atom is 0.573 e. The van der Waals surface area contributed by atoms with Crippen LogP contribution >= 0.6 is 0 Å². The average molecular weight is 389 g/mol. The zero-order valence-electron chi connectivity index (χ0n) is 14.1. The van der Waals surface area contributed by atoms with E-state index in [-0.39, 0.29) is 23.3 Å². The number of ether oxygens (including phenoxy) is 2. The minimum absolute atomic E-state index is 0.00539. The van der Waals surface area contributed by atoms with Gasteiger partial charge in [-0.3, -0.25) is 4.72 Å². The highest BCUT2D eigenvalue weighted by atomic mass is 32.2. The number of anilines is 1. The molecule has 0 bridgehead atoms. The summed E-state index contributed by atoms with van der Waals surface area (Å²) in [4.78, 5) is 0.0259. The van der Waals surface area contributed by atoms with Crippen molar-refractivity contribution in [3.05, 3.63) is 54.1 Å². The van der Waals surface area contributed by atoms with Crippen LogP contribution in [0.1, 0.15) is 19.4 Å². The molecule has 142 valence electrons. The summed E-state index contributed by atoms with van der Waals surface area (Å²) in [5, 5.41) is 0. The molecule has 2 aromatic carbocycles. The zero-order valence-corrected chi connectivity index (χ0v) is 14.9. The minimum atomic E-state index is -4.81. The van der Waals surface area contributed by atoms with Crippen molar-refractivity contribution >= 4 is 15.7 Å². The predicted molar refractivity (Wildman–Crippen MR) is 90.3 cm³/mol. The van der Waals surface area contributed by atoms with E-state index in [9.17, 15) is 21.6 Å². The molecular formula is C17H18F3NO4S. The van der Waals surface area contributed by atoms with E-state index in [0.717, 1.165) is 12.1 Å². The molecule has 0 spiro atoms. The summed E-state index contributed by atoms with van der Waals surface area (Å²) < 4.78 is 72.8.